The molecule has 0 bridgehead atoms. The Morgan fingerprint density at radius 1 is 1.00 bits per heavy atom. The van der Waals surface area contributed by atoms with Gasteiger partial charge in [-0.25, -0.2) is 0 Å². The zero-order chi connectivity index (χ0) is 12.0. The molecule has 0 atom stereocenters. The third-order valence-electron chi connectivity index (χ3n) is 3.75. The van der Waals surface area contributed by atoms with Crippen molar-refractivity contribution in [2.45, 2.75) is 27.3 Å². The Balaban J connectivity index is 2.81. The molecule has 0 heterocycles. The summed E-state index contributed by atoms with van der Waals surface area (Å²) >= 11 is 0. The van der Waals surface area contributed by atoms with E-state index in [1.165, 1.54) is 35.2 Å². The molecule has 16 heavy (non-hydrogen) atoms. The molecule has 0 saturated carbocycles. The largest absolute Gasteiger partial charge is 0.321 e. The van der Waals surface area contributed by atoms with Crippen LogP contribution in [0.1, 0.15) is 31.9 Å². The number of quaternary nitrogens is 1. The summed E-state index contributed by atoms with van der Waals surface area (Å²) in [7, 11) is 0. The number of rotatable bonds is 6. The van der Waals surface area contributed by atoms with E-state index in [-0.39, 0.29) is 0 Å². The number of hydrogen-bond acceptors (Lipinski definition) is 0. The van der Waals surface area contributed by atoms with Gasteiger partial charge >= 0.3 is 0 Å². The molecular formula is C15H24N+. The molecule has 0 saturated heterocycles. The highest BCUT2D eigenvalue weighted by atomic mass is 15.3. The van der Waals surface area contributed by atoms with E-state index in [0.29, 0.717) is 0 Å². The van der Waals surface area contributed by atoms with Crippen molar-refractivity contribution in [1.82, 2.24) is 0 Å². The van der Waals surface area contributed by atoms with Crippen LogP contribution in [0.5, 0.6) is 0 Å². The first-order valence-corrected chi connectivity index (χ1v) is 6.26. The minimum atomic E-state index is 1.14. The number of hydrogen-bond donors (Lipinski definition) is 0. The summed E-state index contributed by atoms with van der Waals surface area (Å²) in [6.45, 7) is 15.4. The van der Waals surface area contributed by atoms with Gasteiger partial charge in [-0.05, 0) is 26.3 Å². The van der Waals surface area contributed by atoms with Crippen LogP contribution in [0, 0.1) is 0 Å². The number of nitrogens with zero attached hydrogens (tertiary/aromatic N) is 1. The van der Waals surface area contributed by atoms with Crippen molar-refractivity contribution < 1.29 is 4.48 Å². The van der Waals surface area contributed by atoms with Gasteiger partial charge in [0.1, 0.15) is 6.54 Å². The highest BCUT2D eigenvalue weighted by Gasteiger charge is 2.20. The Morgan fingerprint density at radius 3 is 1.88 bits per heavy atom. The van der Waals surface area contributed by atoms with Crippen LogP contribution in [0.4, 0.5) is 0 Å². The maximum absolute atomic E-state index is 3.78. The second kappa shape index (κ2) is 5.86. The van der Waals surface area contributed by atoms with E-state index in [2.05, 4.69) is 51.6 Å². The van der Waals surface area contributed by atoms with Crippen LogP contribution in [-0.2, 0) is 6.54 Å². The summed E-state index contributed by atoms with van der Waals surface area (Å²) in [6, 6.07) is 8.76. The third-order valence-corrected chi connectivity index (χ3v) is 3.75. The van der Waals surface area contributed by atoms with Crippen molar-refractivity contribution >= 4 is 6.08 Å². The van der Waals surface area contributed by atoms with Crippen LogP contribution in [0.25, 0.3) is 6.08 Å². The van der Waals surface area contributed by atoms with Crippen molar-refractivity contribution in [2.75, 3.05) is 19.6 Å². The monoisotopic (exact) mass is 218 g/mol. The molecule has 0 spiro atoms. The molecule has 88 valence electrons. The van der Waals surface area contributed by atoms with Gasteiger partial charge in [0, 0.05) is 5.56 Å². The van der Waals surface area contributed by atoms with Gasteiger partial charge in [0.25, 0.3) is 0 Å². The summed E-state index contributed by atoms with van der Waals surface area (Å²) in [4.78, 5) is 0. The lowest BCUT2D eigenvalue weighted by Crippen LogP contribution is -2.46. The Morgan fingerprint density at radius 2 is 1.50 bits per heavy atom. The van der Waals surface area contributed by atoms with E-state index in [0.717, 1.165) is 6.54 Å². The Bertz CT molecular complexity index is 312. The Kier molecular flexibility index (Phi) is 4.75. The summed E-state index contributed by atoms with van der Waals surface area (Å²) in [5, 5.41) is 0. The van der Waals surface area contributed by atoms with Gasteiger partial charge in [-0.3, -0.25) is 0 Å². The lowest BCUT2D eigenvalue weighted by molar-refractivity contribution is -0.936. The molecule has 1 aromatic rings. The van der Waals surface area contributed by atoms with Gasteiger partial charge in [0.15, 0.2) is 0 Å². The zero-order valence-corrected chi connectivity index (χ0v) is 10.9. The van der Waals surface area contributed by atoms with E-state index >= 15 is 0 Å². The van der Waals surface area contributed by atoms with Gasteiger partial charge in [-0.15, -0.1) is 0 Å². The highest BCUT2D eigenvalue weighted by molar-refractivity contribution is 5.47. The van der Waals surface area contributed by atoms with Crippen molar-refractivity contribution in [3.05, 3.63) is 42.0 Å². The Hall–Kier alpha value is -1.08. The summed E-state index contributed by atoms with van der Waals surface area (Å²) < 4.78 is 1.17. The second-order valence-electron chi connectivity index (χ2n) is 4.39. The molecule has 0 amide bonds. The molecule has 0 fully saturated rings. The number of benzene rings is 1. The lowest BCUT2D eigenvalue weighted by Gasteiger charge is -2.35. The molecule has 0 N–H and O–H groups in total. The van der Waals surface area contributed by atoms with Gasteiger partial charge in [-0.1, -0.05) is 36.9 Å². The van der Waals surface area contributed by atoms with Gasteiger partial charge in [0.05, 0.1) is 19.6 Å². The molecular weight excluding hydrogens is 194 g/mol. The summed E-state index contributed by atoms with van der Waals surface area (Å²) in [5.74, 6) is 0. The van der Waals surface area contributed by atoms with Crippen LogP contribution in [-0.4, -0.2) is 24.1 Å². The van der Waals surface area contributed by atoms with Crippen molar-refractivity contribution in [2.24, 2.45) is 0 Å². The van der Waals surface area contributed by atoms with E-state index in [9.17, 15) is 0 Å². The van der Waals surface area contributed by atoms with Gasteiger partial charge in [-0.2, -0.15) is 0 Å². The molecule has 0 radical (unpaired) electrons. The predicted molar refractivity (Wildman–Crippen MR) is 72.1 cm³/mol. The molecule has 1 nitrogen and oxygen atoms in total. The SMILES string of the molecule is C=Cc1ccc(C[N+](CC)(CC)CC)cc1. The maximum atomic E-state index is 3.78. The van der Waals surface area contributed by atoms with Crippen LogP contribution < -0.4 is 0 Å². The fourth-order valence-corrected chi connectivity index (χ4v) is 2.15. The molecule has 1 heteroatoms. The van der Waals surface area contributed by atoms with E-state index < -0.39 is 0 Å². The van der Waals surface area contributed by atoms with E-state index in [1.54, 1.807) is 0 Å². The molecule has 0 aromatic heterocycles. The van der Waals surface area contributed by atoms with Crippen LogP contribution >= 0.6 is 0 Å². The van der Waals surface area contributed by atoms with Crippen LogP contribution in [0.3, 0.4) is 0 Å². The Labute approximate surface area is 100.0 Å². The smallest absolute Gasteiger partial charge is 0.104 e. The lowest BCUT2D eigenvalue weighted by atomic mass is 10.1. The maximum Gasteiger partial charge on any atom is 0.104 e. The van der Waals surface area contributed by atoms with Crippen LogP contribution in [0.2, 0.25) is 0 Å². The van der Waals surface area contributed by atoms with Crippen molar-refractivity contribution in [1.29, 1.82) is 0 Å². The second-order valence-corrected chi connectivity index (χ2v) is 4.39. The van der Waals surface area contributed by atoms with Crippen molar-refractivity contribution in [3.63, 3.8) is 0 Å². The molecule has 0 unspecified atom stereocenters. The van der Waals surface area contributed by atoms with Gasteiger partial charge < -0.3 is 4.48 Å². The fraction of sp³-hybridized carbons (Fsp3) is 0.467. The topological polar surface area (TPSA) is 0 Å². The standard InChI is InChI=1S/C15H24N/c1-5-14-9-11-15(12-10-14)13-16(6-2,7-3)8-4/h5,9-12H,1,6-8,13H2,2-4H3/q+1. The first-order valence-electron chi connectivity index (χ1n) is 6.26. The summed E-state index contributed by atoms with van der Waals surface area (Å²) in [6.07, 6.45) is 1.89. The molecule has 0 aliphatic carbocycles. The van der Waals surface area contributed by atoms with E-state index in [1.807, 2.05) is 6.08 Å². The first kappa shape index (κ1) is 13.0. The molecule has 1 rings (SSSR count). The summed E-state index contributed by atoms with van der Waals surface area (Å²) in [5.41, 5.74) is 2.63. The fourth-order valence-electron chi connectivity index (χ4n) is 2.15. The first-order chi connectivity index (χ1) is 7.69. The average molecular weight is 218 g/mol. The highest BCUT2D eigenvalue weighted by Crippen LogP contribution is 2.15. The van der Waals surface area contributed by atoms with Gasteiger partial charge in [0.2, 0.25) is 0 Å². The molecule has 0 aliphatic rings. The normalized spacial score (nSPS) is 11.4. The minimum Gasteiger partial charge on any atom is -0.321 e. The molecule has 1 aromatic carbocycles. The van der Waals surface area contributed by atoms with Crippen LogP contribution in [0.15, 0.2) is 30.8 Å². The predicted octanol–water partition coefficient (Wildman–Crippen LogP) is 3.71. The van der Waals surface area contributed by atoms with Crippen molar-refractivity contribution in [3.8, 4) is 0 Å². The third kappa shape index (κ3) is 2.96. The van der Waals surface area contributed by atoms with E-state index in [4.69, 9.17) is 0 Å². The molecule has 0 aliphatic heterocycles. The minimum absolute atomic E-state index is 1.14. The average Bonchev–Trinajstić information content (AvgIpc) is 2.37. The zero-order valence-electron chi connectivity index (χ0n) is 10.9. The quantitative estimate of drug-likeness (QED) is 0.639.